The monoisotopic (exact) mass is 307 g/mol. The summed E-state index contributed by atoms with van der Waals surface area (Å²) in [4.78, 5) is 0. The third-order valence-corrected chi connectivity index (χ3v) is 4.90. The normalized spacial score (nSPS) is 12.8. The molecular formula is C20H21NO2. The van der Waals surface area contributed by atoms with Crippen LogP contribution < -0.4 is 9.47 Å². The van der Waals surface area contributed by atoms with E-state index in [0.29, 0.717) is 0 Å². The number of aryl methyl sites for hydroxylation is 3. The van der Waals surface area contributed by atoms with E-state index in [9.17, 15) is 0 Å². The molecule has 0 N–H and O–H groups in total. The Morgan fingerprint density at radius 1 is 0.957 bits per heavy atom. The summed E-state index contributed by atoms with van der Waals surface area (Å²) in [6.45, 7) is 3.15. The maximum absolute atomic E-state index is 5.42. The molecule has 0 saturated carbocycles. The van der Waals surface area contributed by atoms with Crippen molar-refractivity contribution in [1.29, 1.82) is 0 Å². The molecule has 0 fully saturated rings. The van der Waals surface area contributed by atoms with Gasteiger partial charge in [-0.3, -0.25) is 0 Å². The number of methoxy groups -OCH3 is 2. The summed E-state index contributed by atoms with van der Waals surface area (Å²) in [5, 5.41) is 1.35. The maximum Gasteiger partial charge on any atom is 0.120 e. The van der Waals surface area contributed by atoms with Gasteiger partial charge in [0.15, 0.2) is 0 Å². The molecule has 0 amide bonds. The van der Waals surface area contributed by atoms with E-state index in [4.69, 9.17) is 9.47 Å². The molecule has 4 rings (SSSR count). The first-order valence-electron chi connectivity index (χ1n) is 8.13. The summed E-state index contributed by atoms with van der Waals surface area (Å²) in [6, 6.07) is 12.9. The average Bonchev–Trinajstić information content (AvgIpc) is 2.94. The lowest BCUT2D eigenvalue weighted by Crippen LogP contribution is -2.07. The van der Waals surface area contributed by atoms with E-state index in [0.717, 1.165) is 30.9 Å². The molecule has 2 aromatic carbocycles. The van der Waals surface area contributed by atoms with Crippen LogP contribution in [0, 0.1) is 0 Å². The Labute approximate surface area is 136 Å². The van der Waals surface area contributed by atoms with Crippen LogP contribution in [0.15, 0.2) is 36.4 Å². The lowest BCUT2D eigenvalue weighted by molar-refractivity contribution is 0.414. The fraction of sp³-hybridized carbons (Fsp3) is 0.300. The van der Waals surface area contributed by atoms with Crippen molar-refractivity contribution in [2.45, 2.75) is 26.3 Å². The summed E-state index contributed by atoms with van der Waals surface area (Å²) < 4.78 is 13.2. The zero-order valence-electron chi connectivity index (χ0n) is 13.8. The van der Waals surface area contributed by atoms with Crippen molar-refractivity contribution in [1.82, 2.24) is 4.57 Å². The lowest BCUT2D eigenvalue weighted by atomic mass is 9.89. The Hall–Kier alpha value is -2.42. The van der Waals surface area contributed by atoms with Gasteiger partial charge in [0.05, 0.1) is 25.4 Å². The van der Waals surface area contributed by atoms with E-state index in [-0.39, 0.29) is 0 Å². The SMILES string of the molecule is CCn1c2c(c3ccc(OC)cc31)CCc1cc(OC)ccc1-2. The first-order valence-corrected chi connectivity index (χ1v) is 8.13. The summed E-state index contributed by atoms with van der Waals surface area (Å²) in [5.41, 5.74) is 6.80. The van der Waals surface area contributed by atoms with Crippen molar-refractivity contribution >= 4 is 10.9 Å². The Balaban J connectivity index is 2.02. The first kappa shape index (κ1) is 14.2. The molecule has 0 spiro atoms. The molecule has 1 heterocycles. The topological polar surface area (TPSA) is 23.4 Å². The largest absolute Gasteiger partial charge is 0.497 e. The quantitative estimate of drug-likeness (QED) is 0.714. The fourth-order valence-corrected chi connectivity index (χ4v) is 3.81. The van der Waals surface area contributed by atoms with Crippen molar-refractivity contribution in [2.24, 2.45) is 0 Å². The molecule has 1 aromatic heterocycles. The molecule has 118 valence electrons. The van der Waals surface area contributed by atoms with Crippen LogP contribution >= 0.6 is 0 Å². The number of hydrogen-bond acceptors (Lipinski definition) is 2. The second-order valence-electron chi connectivity index (χ2n) is 5.98. The van der Waals surface area contributed by atoms with Gasteiger partial charge in [-0.1, -0.05) is 0 Å². The number of rotatable bonds is 3. The number of aromatic nitrogens is 1. The molecule has 3 nitrogen and oxygen atoms in total. The highest BCUT2D eigenvalue weighted by Crippen LogP contribution is 2.41. The van der Waals surface area contributed by atoms with Crippen LogP contribution in [0.25, 0.3) is 22.2 Å². The zero-order chi connectivity index (χ0) is 16.0. The van der Waals surface area contributed by atoms with Crippen LogP contribution in [-0.4, -0.2) is 18.8 Å². The van der Waals surface area contributed by atoms with Crippen molar-refractivity contribution < 1.29 is 9.47 Å². The van der Waals surface area contributed by atoms with Crippen molar-refractivity contribution in [2.75, 3.05) is 14.2 Å². The van der Waals surface area contributed by atoms with E-state index in [2.05, 4.69) is 47.9 Å². The van der Waals surface area contributed by atoms with Crippen molar-refractivity contribution in [3.63, 3.8) is 0 Å². The number of ether oxygens (including phenoxy) is 2. The molecule has 0 bridgehead atoms. The second kappa shape index (κ2) is 5.34. The predicted molar refractivity (Wildman–Crippen MR) is 93.6 cm³/mol. The minimum absolute atomic E-state index is 0.914. The minimum Gasteiger partial charge on any atom is -0.497 e. The maximum atomic E-state index is 5.42. The molecule has 0 unspecified atom stereocenters. The Bertz CT molecular complexity index is 892. The molecule has 0 atom stereocenters. The van der Waals surface area contributed by atoms with E-state index in [1.54, 1.807) is 14.2 Å². The molecule has 23 heavy (non-hydrogen) atoms. The van der Waals surface area contributed by atoms with Gasteiger partial charge in [0, 0.05) is 23.6 Å². The van der Waals surface area contributed by atoms with E-state index < -0.39 is 0 Å². The van der Waals surface area contributed by atoms with Crippen molar-refractivity contribution in [3.05, 3.63) is 47.5 Å². The molecule has 3 heteroatoms. The third-order valence-electron chi connectivity index (χ3n) is 4.90. The van der Waals surface area contributed by atoms with Crippen LogP contribution in [0.1, 0.15) is 18.1 Å². The molecule has 0 radical (unpaired) electrons. The van der Waals surface area contributed by atoms with Crippen molar-refractivity contribution in [3.8, 4) is 22.8 Å². The fourth-order valence-electron chi connectivity index (χ4n) is 3.81. The van der Waals surface area contributed by atoms with Gasteiger partial charge in [-0.2, -0.15) is 0 Å². The molecule has 0 saturated heterocycles. The van der Waals surface area contributed by atoms with Gasteiger partial charge in [-0.05, 0) is 61.2 Å². The summed E-state index contributed by atoms with van der Waals surface area (Å²) in [5.74, 6) is 1.85. The van der Waals surface area contributed by atoms with Crippen LogP contribution in [0.3, 0.4) is 0 Å². The van der Waals surface area contributed by atoms with Gasteiger partial charge in [0.25, 0.3) is 0 Å². The van der Waals surface area contributed by atoms with Gasteiger partial charge in [0.1, 0.15) is 11.5 Å². The van der Waals surface area contributed by atoms with Gasteiger partial charge in [0.2, 0.25) is 0 Å². The third kappa shape index (κ3) is 2.03. The van der Waals surface area contributed by atoms with Gasteiger partial charge in [-0.25, -0.2) is 0 Å². The zero-order valence-corrected chi connectivity index (χ0v) is 13.8. The van der Waals surface area contributed by atoms with Crippen LogP contribution in [0.2, 0.25) is 0 Å². The smallest absolute Gasteiger partial charge is 0.120 e. The number of benzene rings is 2. The number of fused-ring (bicyclic) bond motifs is 5. The van der Waals surface area contributed by atoms with E-state index >= 15 is 0 Å². The molecule has 1 aliphatic carbocycles. The van der Waals surface area contributed by atoms with Crippen LogP contribution in [-0.2, 0) is 19.4 Å². The molecule has 0 aliphatic heterocycles. The first-order chi connectivity index (χ1) is 11.3. The average molecular weight is 307 g/mol. The number of nitrogens with zero attached hydrogens (tertiary/aromatic N) is 1. The number of hydrogen-bond donors (Lipinski definition) is 0. The molecular weight excluding hydrogens is 286 g/mol. The second-order valence-corrected chi connectivity index (χ2v) is 5.98. The van der Waals surface area contributed by atoms with Crippen LogP contribution in [0.5, 0.6) is 11.5 Å². The van der Waals surface area contributed by atoms with Crippen LogP contribution in [0.4, 0.5) is 0 Å². The summed E-state index contributed by atoms with van der Waals surface area (Å²) in [7, 11) is 3.45. The Kier molecular flexibility index (Phi) is 3.29. The molecule has 1 aliphatic rings. The predicted octanol–water partition coefficient (Wildman–Crippen LogP) is 4.44. The van der Waals surface area contributed by atoms with Gasteiger partial charge >= 0.3 is 0 Å². The minimum atomic E-state index is 0.914. The van der Waals surface area contributed by atoms with Gasteiger partial charge in [-0.15, -0.1) is 0 Å². The summed E-state index contributed by atoms with van der Waals surface area (Å²) in [6.07, 6.45) is 2.14. The molecule has 3 aromatic rings. The Morgan fingerprint density at radius 3 is 2.43 bits per heavy atom. The summed E-state index contributed by atoms with van der Waals surface area (Å²) >= 11 is 0. The standard InChI is InChI=1S/C20H21NO2/c1-4-21-19-12-15(23-3)7-10-17(19)18-8-5-13-11-14(22-2)6-9-16(13)20(18)21/h6-7,9-12H,4-5,8H2,1-3H3. The van der Waals surface area contributed by atoms with E-state index in [1.165, 1.54) is 33.3 Å². The Morgan fingerprint density at radius 2 is 1.70 bits per heavy atom. The highest BCUT2D eigenvalue weighted by atomic mass is 16.5. The van der Waals surface area contributed by atoms with E-state index in [1.807, 2.05) is 0 Å². The highest BCUT2D eigenvalue weighted by Gasteiger charge is 2.24. The highest BCUT2D eigenvalue weighted by molar-refractivity contribution is 5.94. The van der Waals surface area contributed by atoms with Gasteiger partial charge < -0.3 is 14.0 Å². The lowest BCUT2D eigenvalue weighted by Gasteiger charge is -2.20.